The lowest BCUT2D eigenvalue weighted by molar-refractivity contribution is 0.212. The number of hydrogen-bond acceptors (Lipinski definition) is 2. The molecule has 0 N–H and O–H groups in total. The zero-order valence-corrected chi connectivity index (χ0v) is 7.53. The lowest BCUT2D eigenvalue weighted by Crippen LogP contribution is -2.30. The van der Waals surface area contributed by atoms with E-state index >= 15 is 0 Å². The van der Waals surface area contributed by atoms with Gasteiger partial charge in [0.15, 0.2) is 0 Å². The quantitative estimate of drug-likeness (QED) is 0.686. The van der Waals surface area contributed by atoms with Crippen molar-refractivity contribution in [2.45, 2.75) is 25.7 Å². The van der Waals surface area contributed by atoms with Crippen molar-refractivity contribution < 1.29 is 0 Å². The fourth-order valence-corrected chi connectivity index (χ4v) is 1.78. The van der Waals surface area contributed by atoms with E-state index < -0.39 is 0 Å². The monoisotopic (exact) mass is 172 g/mol. The highest BCUT2D eigenvalue weighted by atomic mass is 14.7. The standard InChI is InChI=1S/C11H12N2/c12-9-11(5-3-6-11)8-10-4-1-2-7-13-10/h1-2,4,7H,3,5-6,8H2. The molecule has 2 nitrogen and oxygen atoms in total. The van der Waals surface area contributed by atoms with E-state index in [1.165, 1.54) is 6.42 Å². The molecule has 2 heteroatoms. The molecule has 1 aromatic heterocycles. The first kappa shape index (κ1) is 8.25. The summed E-state index contributed by atoms with van der Waals surface area (Å²) in [6.45, 7) is 0. The molecule has 66 valence electrons. The van der Waals surface area contributed by atoms with Crippen LogP contribution in [-0.2, 0) is 6.42 Å². The van der Waals surface area contributed by atoms with E-state index in [0.717, 1.165) is 25.0 Å². The molecule has 0 spiro atoms. The van der Waals surface area contributed by atoms with Crippen molar-refractivity contribution in [2.75, 3.05) is 0 Å². The second-order valence-electron chi connectivity index (χ2n) is 3.74. The Morgan fingerprint density at radius 2 is 2.31 bits per heavy atom. The van der Waals surface area contributed by atoms with Gasteiger partial charge in [0.2, 0.25) is 0 Å². The molecule has 0 aliphatic heterocycles. The zero-order valence-electron chi connectivity index (χ0n) is 7.53. The summed E-state index contributed by atoms with van der Waals surface area (Å²) in [4.78, 5) is 4.24. The molecule has 0 amide bonds. The van der Waals surface area contributed by atoms with E-state index in [4.69, 9.17) is 5.26 Å². The molecular formula is C11H12N2. The molecular weight excluding hydrogens is 160 g/mol. The maximum atomic E-state index is 9.02. The van der Waals surface area contributed by atoms with Crippen molar-refractivity contribution in [2.24, 2.45) is 5.41 Å². The summed E-state index contributed by atoms with van der Waals surface area (Å²) < 4.78 is 0. The van der Waals surface area contributed by atoms with Crippen molar-refractivity contribution in [3.05, 3.63) is 30.1 Å². The first-order chi connectivity index (χ1) is 6.35. The fraction of sp³-hybridized carbons (Fsp3) is 0.455. The summed E-state index contributed by atoms with van der Waals surface area (Å²) >= 11 is 0. The van der Waals surface area contributed by atoms with Gasteiger partial charge in [0, 0.05) is 18.3 Å². The van der Waals surface area contributed by atoms with Gasteiger partial charge in [-0.15, -0.1) is 0 Å². The van der Waals surface area contributed by atoms with Gasteiger partial charge in [-0.2, -0.15) is 5.26 Å². The molecule has 2 rings (SSSR count). The number of aromatic nitrogens is 1. The van der Waals surface area contributed by atoms with Crippen molar-refractivity contribution in [1.29, 1.82) is 5.26 Å². The molecule has 0 atom stereocenters. The third kappa shape index (κ3) is 1.55. The predicted molar refractivity (Wildman–Crippen MR) is 49.8 cm³/mol. The topological polar surface area (TPSA) is 36.7 Å². The van der Waals surface area contributed by atoms with E-state index in [-0.39, 0.29) is 5.41 Å². The zero-order chi connectivity index (χ0) is 9.15. The summed E-state index contributed by atoms with van der Waals surface area (Å²) in [5.41, 5.74) is 0.956. The Labute approximate surface area is 78.2 Å². The maximum Gasteiger partial charge on any atom is 0.0693 e. The first-order valence-electron chi connectivity index (χ1n) is 4.66. The van der Waals surface area contributed by atoms with Crippen LogP contribution >= 0.6 is 0 Å². The number of hydrogen-bond donors (Lipinski definition) is 0. The van der Waals surface area contributed by atoms with Crippen molar-refractivity contribution >= 4 is 0 Å². The highest BCUT2D eigenvalue weighted by Crippen LogP contribution is 2.42. The SMILES string of the molecule is N#CC1(Cc2ccccn2)CCC1. The maximum absolute atomic E-state index is 9.02. The van der Waals surface area contributed by atoms with Gasteiger partial charge in [-0.25, -0.2) is 0 Å². The van der Waals surface area contributed by atoms with Crippen LogP contribution in [0, 0.1) is 16.7 Å². The molecule has 0 aromatic carbocycles. The Bertz CT molecular complexity index is 320. The van der Waals surface area contributed by atoms with Gasteiger partial charge in [-0.1, -0.05) is 12.5 Å². The molecule has 13 heavy (non-hydrogen) atoms. The van der Waals surface area contributed by atoms with Crippen LogP contribution in [0.15, 0.2) is 24.4 Å². The number of pyridine rings is 1. The van der Waals surface area contributed by atoms with Crippen LogP contribution in [-0.4, -0.2) is 4.98 Å². The van der Waals surface area contributed by atoms with Gasteiger partial charge in [-0.05, 0) is 25.0 Å². The summed E-state index contributed by atoms with van der Waals surface area (Å²) in [5, 5.41) is 9.02. The molecule has 0 unspecified atom stereocenters. The number of rotatable bonds is 2. The molecule has 0 radical (unpaired) electrons. The molecule has 0 bridgehead atoms. The molecule has 1 aliphatic carbocycles. The highest BCUT2D eigenvalue weighted by Gasteiger charge is 2.37. The van der Waals surface area contributed by atoms with Crippen LogP contribution < -0.4 is 0 Å². The minimum absolute atomic E-state index is 0.0889. The van der Waals surface area contributed by atoms with E-state index in [1.807, 2.05) is 18.2 Å². The van der Waals surface area contributed by atoms with E-state index in [2.05, 4.69) is 11.1 Å². The lowest BCUT2D eigenvalue weighted by atomic mass is 9.67. The van der Waals surface area contributed by atoms with Crippen LogP contribution in [0.25, 0.3) is 0 Å². The van der Waals surface area contributed by atoms with Crippen LogP contribution in [0.2, 0.25) is 0 Å². The van der Waals surface area contributed by atoms with Crippen LogP contribution in [0.1, 0.15) is 25.0 Å². The summed E-state index contributed by atoms with van der Waals surface area (Å²) in [7, 11) is 0. The average molecular weight is 172 g/mol. The van der Waals surface area contributed by atoms with Crippen LogP contribution in [0.5, 0.6) is 0 Å². The third-order valence-electron chi connectivity index (χ3n) is 2.79. The fourth-order valence-electron chi connectivity index (χ4n) is 1.78. The average Bonchev–Trinajstić information content (AvgIpc) is 2.13. The van der Waals surface area contributed by atoms with Crippen LogP contribution in [0.3, 0.4) is 0 Å². The second-order valence-corrected chi connectivity index (χ2v) is 3.74. The normalized spacial score (nSPS) is 18.7. The Hall–Kier alpha value is -1.36. The Morgan fingerprint density at radius 3 is 2.77 bits per heavy atom. The third-order valence-corrected chi connectivity index (χ3v) is 2.79. The smallest absolute Gasteiger partial charge is 0.0693 e. The van der Waals surface area contributed by atoms with Gasteiger partial charge < -0.3 is 0 Å². The number of nitrogens with zero attached hydrogens (tertiary/aromatic N) is 2. The molecule has 1 aliphatic rings. The van der Waals surface area contributed by atoms with E-state index in [1.54, 1.807) is 6.20 Å². The predicted octanol–water partition coefficient (Wildman–Crippen LogP) is 2.32. The van der Waals surface area contributed by atoms with E-state index in [0.29, 0.717) is 0 Å². The summed E-state index contributed by atoms with van der Waals surface area (Å²) in [6.07, 6.45) is 5.89. The largest absolute Gasteiger partial charge is 0.261 e. The lowest BCUT2D eigenvalue weighted by Gasteiger charge is -2.34. The van der Waals surface area contributed by atoms with Crippen LogP contribution in [0.4, 0.5) is 0 Å². The van der Waals surface area contributed by atoms with Gasteiger partial charge in [0.1, 0.15) is 0 Å². The van der Waals surface area contributed by atoms with Crippen molar-refractivity contribution in [3.63, 3.8) is 0 Å². The molecule has 1 aromatic rings. The second kappa shape index (κ2) is 3.18. The molecule has 1 fully saturated rings. The van der Waals surface area contributed by atoms with Gasteiger partial charge >= 0.3 is 0 Å². The van der Waals surface area contributed by atoms with E-state index in [9.17, 15) is 0 Å². The van der Waals surface area contributed by atoms with Crippen molar-refractivity contribution in [1.82, 2.24) is 4.98 Å². The Kier molecular flexibility index (Phi) is 2.02. The summed E-state index contributed by atoms with van der Waals surface area (Å²) in [6, 6.07) is 8.31. The molecule has 1 saturated carbocycles. The number of nitriles is 1. The van der Waals surface area contributed by atoms with Gasteiger partial charge in [0.05, 0.1) is 11.5 Å². The first-order valence-corrected chi connectivity index (χ1v) is 4.66. The van der Waals surface area contributed by atoms with Gasteiger partial charge in [-0.3, -0.25) is 4.98 Å². The summed E-state index contributed by atoms with van der Waals surface area (Å²) in [5.74, 6) is 0. The Morgan fingerprint density at radius 1 is 1.46 bits per heavy atom. The Balaban J connectivity index is 2.10. The molecule has 0 saturated heterocycles. The van der Waals surface area contributed by atoms with Gasteiger partial charge in [0.25, 0.3) is 0 Å². The minimum Gasteiger partial charge on any atom is -0.261 e. The molecule has 1 heterocycles. The van der Waals surface area contributed by atoms with Crippen molar-refractivity contribution in [3.8, 4) is 6.07 Å². The minimum atomic E-state index is -0.0889. The highest BCUT2D eigenvalue weighted by molar-refractivity contribution is 5.14.